The van der Waals surface area contributed by atoms with Gasteiger partial charge < -0.3 is 5.32 Å². The lowest BCUT2D eigenvalue weighted by Gasteiger charge is -2.05. The smallest absolute Gasteiger partial charge is 0.235 e. The number of carbonyl (C=O) groups excluding carboxylic acids is 1. The molecule has 0 aliphatic rings. The van der Waals surface area contributed by atoms with Crippen molar-refractivity contribution in [1.29, 1.82) is 5.26 Å². The van der Waals surface area contributed by atoms with E-state index in [-0.39, 0.29) is 11.7 Å². The van der Waals surface area contributed by atoms with Crippen LogP contribution in [0.15, 0.2) is 44.4 Å². The minimum Gasteiger partial charge on any atom is -0.316 e. The number of hydrogen-bond acceptors (Lipinski definition) is 8. The van der Waals surface area contributed by atoms with Gasteiger partial charge in [0.05, 0.1) is 11.3 Å². The number of aromatic nitrogens is 2. The molecule has 0 aliphatic heterocycles. The summed E-state index contributed by atoms with van der Waals surface area (Å²) in [4.78, 5) is 12.1. The third kappa shape index (κ3) is 5.82. The van der Waals surface area contributed by atoms with Gasteiger partial charge in [0, 0.05) is 5.75 Å². The Balaban J connectivity index is 1.46. The first-order chi connectivity index (χ1) is 13.5. The van der Waals surface area contributed by atoms with Crippen molar-refractivity contribution in [2.45, 2.75) is 34.2 Å². The molecular weight excluding hydrogens is 429 g/mol. The number of nitrogens with zero attached hydrogens (tertiary/aromatic N) is 3. The zero-order valence-electron chi connectivity index (χ0n) is 15.3. The Morgan fingerprint density at radius 3 is 2.57 bits per heavy atom. The monoisotopic (exact) mass is 446 g/mol. The molecule has 0 saturated heterocycles. The molecule has 144 valence electrons. The molecule has 0 unspecified atom stereocenters. The number of thiophene rings is 1. The summed E-state index contributed by atoms with van der Waals surface area (Å²) in [5, 5.41) is 22.5. The fraction of sp³-hybridized carbons (Fsp3) is 0.263. The van der Waals surface area contributed by atoms with E-state index in [1.54, 1.807) is 23.2 Å². The first-order valence-corrected chi connectivity index (χ1v) is 12.2. The van der Waals surface area contributed by atoms with Crippen LogP contribution in [0.25, 0.3) is 0 Å². The van der Waals surface area contributed by atoms with E-state index < -0.39 is 0 Å². The number of rotatable bonds is 8. The largest absolute Gasteiger partial charge is 0.316 e. The Morgan fingerprint density at radius 1 is 1.18 bits per heavy atom. The molecule has 0 atom stereocenters. The maximum Gasteiger partial charge on any atom is 0.235 e. The normalized spacial score (nSPS) is 10.8. The quantitative estimate of drug-likeness (QED) is 0.453. The first kappa shape index (κ1) is 20.9. The van der Waals surface area contributed by atoms with Gasteiger partial charge in [0.1, 0.15) is 11.1 Å². The van der Waals surface area contributed by atoms with E-state index >= 15 is 0 Å². The van der Waals surface area contributed by atoms with Crippen molar-refractivity contribution < 1.29 is 4.79 Å². The van der Waals surface area contributed by atoms with Gasteiger partial charge in [-0.3, -0.25) is 4.79 Å². The molecule has 3 aromatic rings. The average molecular weight is 447 g/mol. The minimum atomic E-state index is -0.154. The highest BCUT2D eigenvalue weighted by Crippen LogP contribution is 2.31. The predicted molar refractivity (Wildman–Crippen MR) is 118 cm³/mol. The highest BCUT2D eigenvalue weighted by atomic mass is 32.2. The van der Waals surface area contributed by atoms with Crippen LogP contribution in [0.2, 0.25) is 0 Å². The van der Waals surface area contributed by atoms with Crippen molar-refractivity contribution in [3.63, 3.8) is 0 Å². The molecule has 0 spiro atoms. The van der Waals surface area contributed by atoms with Gasteiger partial charge in [-0.05, 0) is 28.5 Å². The Labute approximate surface area is 180 Å². The van der Waals surface area contributed by atoms with Gasteiger partial charge >= 0.3 is 0 Å². The highest BCUT2D eigenvalue weighted by molar-refractivity contribution is 8.03. The van der Waals surface area contributed by atoms with Crippen LogP contribution >= 0.6 is 46.2 Å². The topological polar surface area (TPSA) is 78.7 Å². The summed E-state index contributed by atoms with van der Waals surface area (Å²) in [6.07, 6.45) is 0. The minimum absolute atomic E-state index is 0.154. The summed E-state index contributed by atoms with van der Waals surface area (Å²) >= 11 is 5.84. The molecule has 1 aromatic carbocycles. The van der Waals surface area contributed by atoms with Gasteiger partial charge in [0.15, 0.2) is 8.68 Å². The number of nitriles is 1. The van der Waals surface area contributed by atoms with Gasteiger partial charge in [0.25, 0.3) is 0 Å². The van der Waals surface area contributed by atoms with E-state index in [4.69, 9.17) is 5.26 Å². The Kier molecular flexibility index (Phi) is 7.50. The van der Waals surface area contributed by atoms with Gasteiger partial charge in [-0.25, -0.2) is 0 Å². The summed E-state index contributed by atoms with van der Waals surface area (Å²) < 4.78 is 1.65. The molecule has 0 bridgehead atoms. The predicted octanol–water partition coefficient (Wildman–Crippen LogP) is 5.62. The second-order valence-electron chi connectivity index (χ2n) is 6.13. The fourth-order valence-corrected chi connectivity index (χ4v) is 5.77. The molecule has 0 fully saturated rings. The fourth-order valence-electron chi connectivity index (χ4n) is 2.24. The second kappa shape index (κ2) is 10.1. The van der Waals surface area contributed by atoms with E-state index in [0.717, 1.165) is 14.4 Å². The van der Waals surface area contributed by atoms with E-state index in [1.165, 1.54) is 45.6 Å². The summed E-state index contributed by atoms with van der Waals surface area (Å²) in [7, 11) is 0. The molecule has 1 N–H and O–H groups in total. The summed E-state index contributed by atoms with van der Waals surface area (Å²) in [5.41, 5.74) is 3.08. The van der Waals surface area contributed by atoms with Crippen LogP contribution in [-0.2, 0) is 10.5 Å². The zero-order chi connectivity index (χ0) is 19.9. The number of thioether (sulfide) groups is 2. The van der Waals surface area contributed by atoms with Crippen LogP contribution in [-0.4, -0.2) is 21.9 Å². The van der Waals surface area contributed by atoms with Crippen LogP contribution in [0.1, 0.15) is 36.5 Å². The van der Waals surface area contributed by atoms with Gasteiger partial charge in [-0.15, -0.1) is 21.5 Å². The van der Waals surface area contributed by atoms with Gasteiger partial charge in [0.2, 0.25) is 5.91 Å². The Morgan fingerprint density at radius 2 is 1.89 bits per heavy atom. The number of anilines is 1. The first-order valence-electron chi connectivity index (χ1n) is 8.50. The van der Waals surface area contributed by atoms with Crippen LogP contribution < -0.4 is 5.32 Å². The van der Waals surface area contributed by atoms with E-state index in [9.17, 15) is 4.79 Å². The summed E-state index contributed by atoms with van der Waals surface area (Å²) in [6, 6.07) is 12.4. The average Bonchev–Trinajstić information content (AvgIpc) is 3.34. The molecule has 0 radical (unpaired) electrons. The molecule has 2 heterocycles. The lowest BCUT2D eigenvalue weighted by atomic mass is 10.0. The van der Waals surface area contributed by atoms with Crippen molar-refractivity contribution in [2.24, 2.45) is 0 Å². The molecule has 28 heavy (non-hydrogen) atoms. The number of benzene rings is 1. The number of amides is 1. The maximum atomic E-state index is 12.1. The van der Waals surface area contributed by atoms with Crippen molar-refractivity contribution in [1.82, 2.24) is 10.2 Å². The van der Waals surface area contributed by atoms with Crippen molar-refractivity contribution >= 4 is 57.1 Å². The molecule has 5 nitrogen and oxygen atoms in total. The lowest BCUT2D eigenvalue weighted by molar-refractivity contribution is -0.113. The third-order valence-electron chi connectivity index (χ3n) is 3.76. The molecule has 9 heteroatoms. The summed E-state index contributed by atoms with van der Waals surface area (Å²) in [5.74, 6) is 1.46. The highest BCUT2D eigenvalue weighted by Gasteiger charge is 2.11. The number of nitrogens with one attached hydrogen (secondary N) is 1. The van der Waals surface area contributed by atoms with Crippen LogP contribution in [0.4, 0.5) is 5.00 Å². The standard InChI is InChI=1S/C19H18N4OS4/c1-12(2)14-5-3-13(4-6-14)10-26-18-22-23-19(28-18)27-11-16(24)21-17-15(9-20)7-8-25-17/h3-8,12H,10-11H2,1-2H3,(H,21,24). The van der Waals surface area contributed by atoms with E-state index in [0.29, 0.717) is 16.5 Å². The number of hydrogen-bond donors (Lipinski definition) is 1. The van der Waals surface area contributed by atoms with E-state index in [2.05, 4.69) is 59.7 Å². The Bertz CT molecular complexity index is 972. The Hall–Kier alpha value is -1.86. The van der Waals surface area contributed by atoms with Gasteiger partial charge in [-0.2, -0.15) is 5.26 Å². The van der Waals surface area contributed by atoms with Gasteiger partial charge in [-0.1, -0.05) is 73.0 Å². The third-order valence-corrected chi connectivity index (χ3v) is 7.85. The SMILES string of the molecule is CC(C)c1ccc(CSc2nnc(SCC(=O)Nc3sccc3C#N)s2)cc1. The van der Waals surface area contributed by atoms with E-state index in [1.807, 2.05) is 0 Å². The van der Waals surface area contributed by atoms with Crippen LogP contribution in [0.5, 0.6) is 0 Å². The van der Waals surface area contributed by atoms with Crippen molar-refractivity contribution in [3.8, 4) is 6.07 Å². The molecule has 0 saturated carbocycles. The molecule has 2 aromatic heterocycles. The molecule has 1 amide bonds. The van der Waals surface area contributed by atoms with Crippen LogP contribution in [0.3, 0.4) is 0 Å². The maximum absolute atomic E-state index is 12.1. The molecular formula is C19H18N4OS4. The number of carbonyl (C=O) groups is 1. The van der Waals surface area contributed by atoms with Crippen molar-refractivity contribution in [3.05, 3.63) is 52.4 Å². The molecule has 3 rings (SSSR count). The zero-order valence-corrected chi connectivity index (χ0v) is 18.6. The molecule has 0 aliphatic carbocycles. The second-order valence-corrected chi connectivity index (χ2v) is 10.5. The van der Waals surface area contributed by atoms with Crippen molar-refractivity contribution in [2.75, 3.05) is 11.1 Å². The van der Waals surface area contributed by atoms with Crippen LogP contribution in [0, 0.1) is 11.3 Å². The summed E-state index contributed by atoms with van der Waals surface area (Å²) in [6.45, 7) is 4.38. The lowest BCUT2D eigenvalue weighted by Crippen LogP contribution is -2.13.